The Bertz CT molecular complexity index is 129. The van der Waals surface area contributed by atoms with Crippen molar-refractivity contribution in [1.82, 2.24) is 4.90 Å². The van der Waals surface area contributed by atoms with Crippen molar-refractivity contribution >= 4 is 0 Å². The number of fused-ring (bicyclic) bond motifs is 1. The van der Waals surface area contributed by atoms with E-state index in [1.54, 1.807) is 0 Å². The van der Waals surface area contributed by atoms with Crippen molar-refractivity contribution in [2.45, 2.75) is 25.3 Å². The second kappa shape index (κ2) is 2.14. The van der Waals surface area contributed by atoms with Crippen LogP contribution < -0.4 is 0 Å². The molecule has 1 nitrogen and oxygen atoms in total. The zero-order valence-electron chi connectivity index (χ0n) is 5.71. The van der Waals surface area contributed by atoms with Crippen molar-refractivity contribution in [3.8, 4) is 0 Å². The third kappa shape index (κ3) is 0.897. The predicted octanol–water partition coefficient (Wildman–Crippen LogP) is 1.41. The van der Waals surface area contributed by atoms with Crippen LogP contribution in [0.3, 0.4) is 0 Å². The molecule has 9 heavy (non-hydrogen) atoms. The van der Waals surface area contributed by atoms with E-state index in [1.165, 1.54) is 32.4 Å². The summed E-state index contributed by atoms with van der Waals surface area (Å²) in [4.78, 5) is 2.58. The van der Waals surface area contributed by atoms with Gasteiger partial charge in [0, 0.05) is 12.6 Å². The summed E-state index contributed by atoms with van der Waals surface area (Å²) in [5.41, 5.74) is 0. The van der Waals surface area contributed by atoms with E-state index in [9.17, 15) is 0 Å². The maximum absolute atomic E-state index is 2.58. The van der Waals surface area contributed by atoms with Crippen LogP contribution in [0.25, 0.3) is 0 Å². The molecule has 0 radical (unpaired) electrons. The summed E-state index contributed by atoms with van der Waals surface area (Å²) in [7, 11) is 0. The van der Waals surface area contributed by atoms with Gasteiger partial charge in [-0.2, -0.15) is 0 Å². The molecule has 0 aromatic heterocycles. The third-order valence-corrected chi connectivity index (χ3v) is 2.36. The molecule has 0 bridgehead atoms. The van der Waals surface area contributed by atoms with Gasteiger partial charge in [0.2, 0.25) is 0 Å². The van der Waals surface area contributed by atoms with Gasteiger partial charge in [-0.15, -0.1) is 0 Å². The first-order valence-corrected chi connectivity index (χ1v) is 3.87. The molecule has 0 aromatic rings. The van der Waals surface area contributed by atoms with Crippen LogP contribution in [0.1, 0.15) is 19.3 Å². The SMILES string of the molecule is C1=CC2CCCN2CC1. The van der Waals surface area contributed by atoms with E-state index in [1.807, 2.05) is 0 Å². The number of hydrogen-bond acceptors (Lipinski definition) is 1. The molecule has 2 aliphatic rings. The molecule has 1 heteroatoms. The molecule has 0 aliphatic carbocycles. The molecule has 0 N–H and O–H groups in total. The molecule has 0 saturated carbocycles. The number of rotatable bonds is 0. The monoisotopic (exact) mass is 123 g/mol. The average Bonchev–Trinajstić information content (AvgIpc) is 2.33. The lowest BCUT2D eigenvalue weighted by molar-refractivity contribution is 0.284. The van der Waals surface area contributed by atoms with Gasteiger partial charge in [-0.05, 0) is 25.8 Å². The minimum absolute atomic E-state index is 0.818. The van der Waals surface area contributed by atoms with E-state index >= 15 is 0 Å². The molecule has 2 aliphatic heterocycles. The Morgan fingerprint density at radius 1 is 1.33 bits per heavy atom. The maximum Gasteiger partial charge on any atom is 0.0278 e. The van der Waals surface area contributed by atoms with Crippen molar-refractivity contribution in [3.63, 3.8) is 0 Å². The molecule has 1 unspecified atom stereocenters. The topological polar surface area (TPSA) is 3.24 Å². The fraction of sp³-hybridized carbons (Fsp3) is 0.750. The largest absolute Gasteiger partial charge is 0.297 e. The summed E-state index contributed by atoms with van der Waals surface area (Å²) < 4.78 is 0. The Labute approximate surface area is 56.4 Å². The summed E-state index contributed by atoms with van der Waals surface area (Å²) in [5.74, 6) is 0. The highest BCUT2D eigenvalue weighted by atomic mass is 15.2. The second-order valence-electron chi connectivity index (χ2n) is 2.96. The molecule has 0 amide bonds. The van der Waals surface area contributed by atoms with Crippen LogP contribution >= 0.6 is 0 Å². The molecular formula is C8H13N. The molecule has 2 rings (SSSR count). The van der Waals surface area contributed by atoms with Gasteiger partial charge in [-0.25, -0.2) is 0 Å². The Hall–Kier alpha value is -0.300. The van der Waals surface area contributed by atoms with Gasteiger partial charge in [0.1, 0.15) is 0 Å². The summed E-state index contributed by atoms with van der Waals surface area (Å²) in [6.45, 7) is 2.65. The van der Waals surface area contributed by atoms with Crippen molar-refractivity contribution < 1.29 is 0 Å². The van der Waals surface area contributed by atoms with Crippen LogP contribution in [-0.2, 0) is 0 Å². The number of nitrogens with zero attached hydrogens (tertiary/aromatic N) is 1. The summed E-state index contributed by atoms with van der Waals surface area (Å²) >= 11 is 0. The van der Waals surface area contributed by atoms with E-state index in [2.05, 4.69) is 17.1 Å². The highest BCUT2D eigenvalue weighted by molar-refractivity contribution is 5.01. The molecular weight excluding hydrogens is 110 g/mol. The Morgan fingerprint density at radius 2 is 2.33 bits per heavy atom. The molecule has 1 saturated heterocycles. The van der Waals surface area contributed by atoms with Gasteiger partial charge in [0.05, 0.1) is 0 Å². The van der Waals surface area contributed by atoms with E-state index in [0.29, 0.717) is 0 Å². The van der Waals surface area contributed by atoms with E-state index < -0.39 is 0 Å². The van der Waals surface area contributed by atoms with E-state index in [-0.39, 0.29) is 0 Å². The molecule has 0 spiro atoms. The zero-order valence-corrected chi connectivity index (χ0v) is 5.71. The lowest BCUT2D eigenvalue weighted by Crippen LogP contribution is -2.30. The first-order valence-electron chi connectivity index (χ1n) is 3.87. The maximum atomic E-state index is 2.58. The van der Waals surface area contributed by atoms with Crippen molar-refractivity contribution in [1.29, 1.82) is 0 Å². The standard InChI is InChI=1S/C8H13N/c1-2-6-9-7-3-5-8(9)4-1/h1,4,8H,2-3,5-7H2. The van der Waals surface area contributed by atoms with Gasteiger partial charge in [-0.3, -0.25) is 4.90 Å². The smallest absolute Gasteiger partial charge is 0.0278 e. The molecule has 2 heterocycles. The molecule has 50 valence electrons. The summed E-state index contributed by atoms with van der Waals surface area (Å²) in [5, 5.41) is 0. The van der Waals surface area contributed by atoms with Crippen LogP contribution in [0, 0.1) is 0 Å². The fourth-order valence-corrected chi connectivity index (χ4v) is 1.84. The van der Waals surface area contributed by atoms with E-state index in [0.717, 1.165) is 6.04 Å². The highest BCUT2D eigenvalue weighted by Crippen LogP contribution is 2.21. The fourth-order valence-electron chi connectivity index (χ4n) is 1.84. The summed E-state index contributed by atoms with van der Waals surface area (Å²) in [6, 6.07) is 0.818. The van der Waals surface area contributed by atoms with Crippen LogP contribution in [0.4, 0.5) is 0 Å². The minimum Gasteiger partial charge on any atom is -0.297 e. The van der Waals surface area contributed by atoms with Gasteiger partial charge in [-0.1, -0.05) is 12.2 Å². The van der Waals surface area contributed by atoms with Gasteiger partial charge >= 0.3 is 0 Å². The normalized spacial score (nSPS) is 34.9. The van der Waals surface area contributed by atoms with Crippen molar-refractivity contribution in [3.05, 3.63) is 12.2 Å². The molecule has 0 aromatic carbocycles. The van der Waals surface area contributed by atoms with Crippen LogP contribution in [0.5, 0.6) is 0 Å². The average molecular weight is 123 g/mol. The second-order valence-corrected chi connectivity index (χ2v) is 2.96. The Balaban J connectivity index is 2.10. The first-order chi connectivity index (χ1) is 4.47. The van der Waals surface area contributed by atoms with Crippen molar-refractivity contribution in [2.24, 2.45) is 0 Å². The van der Waals surface area contributed by atoms with Crippen LogP contribution in [0.2, 0.25) is 0 Å². The van der Waals surface area contributed by atoms with Gasteiger partial charge in [0.25, 0.3) is 0 Å². The van der Waals surface area contributed by atoms with Gasteiger partial charge in [0.15, 0.2) is 0 Å². The Morgan fingerprint density at radius 3 is 3.22 bits per heavy atom. The quantitative estimate of drug-likeness (QED) is 0.440. The molecule has 1 atom stereocenters. The summed E-state index contributed by atoms with van der Waals surface area (Å²) in [6.07, 6.45) is 8.78. The lowest BCUT2D eigenvalue weighted by atomic mass is 10.1. The van der Waals surface area contributed by atoms with Crippen molar-refractivity contribution in [2.75, 3.05) is 13.1 Å². The van der Waals surface area contributed by atoms with Crippen LogP contribution in [-0.4, -0.2) is 24.0 Å². The zero-order chi connectivity index (χ0) is 6.10. The third-order valence-electron chi connectivity index (χ3n) is 2.36. The minimum atomic E-state index is 0.818. The van der Waals surface area contributed by atoms with Crippen LogP contribution in [0.15, 0.2) is 12.2 Å². The molecule has 1 fully saturated rings. The Kier molecular flexibility index (Phi) is 1.31. The van der Waals surface area contributed by atoms with Gasteiger partial charge < -0.3 is 0 Å². The first kappa shape index (κ1) is 5.48. The highest BCUT2D eigenvalue weighted by Gasteiger charge is 2.22. The van der Waals surface area contributed by atoms with E-state index in [4.69, 9.17) is 0 Å². The predicted molar refractivity (Wildman–Crippen MR) is 38.4 cm³/mol. The lowest BCUT2D eigenvalue weighted by Gasteiger charge is -2.24. The number of hydrogen-bond donors (Lipinski definition) is 0.